The standard InChI is InChI=1S/C20H16ClN3O2S/c21-15-10-12-16(13-11-15)27(25,26)24-19(14-6-2-1-3-7-14)20-22-17-8-4-5-9-18(17)23-20/h1-13,19,24H,(H,22,23). The first-order chi connectivity index (χ1) is 13.0. The number of imidazole rings is 1. The first-order valence-electron chi connectivity index (χ1n) is 8.30. The van der Waals surface area contributed by atoms with Gasteiger partial charge in [0.15, 0.2) is 0 Å². The molecule has 1 aromatic heterocycles. The maximum atomic E-state index is 12.9. The molecule has 0 bridgehead atoms. The van der Waals surface area contributed by atoms with E-state index in [9.17, 15) is 8.42 Å². The molecule has 0 aliphatic heterocycles. The van der Waals surface area contributed by atoms with Gasteiger partial charge in [-0.2, -0.15) is 4.72 Å². The van der Waals surface area contributed by atoms with E-state index >= 15 is 0 Å². The van der Waals surface area contributed by atoms with Gasteiger partial charge in [0.25, 0.3) is 0 Å². The zero-order valence-corrected chi connectivity index (χ0v) is 15.7. The lowest BCUT2D eigenvalue weighted by molar-refractivity contribution is 0.568. The van der Waals surface area contributed by atoms with Crippen molar-refractivity contribution in [3.63, 3.8) is 0 Å². The molecule has 5 nitrogen and oxygen atoms in total. The van der Waals surface area contributed by atoms with Crippen LogP contribution in [-0.4, -0.2) is 18.4 Å². The highest BCUT2D eigenvalue weighted by atomic mass is 35.5. The summed E-state index contributed by atoms with van der Waals surface area (Å²) in [5.41, 5.74) is 2.41. The Balaban J connectivity index is 1.78. The van der Waals surface area contributed by atoms with Crippen molar-refractivity contribution in [2.45, 2.75) is 10.9 Å². The number of halogens is 1. The minimum absolute atomic E-state index is 0.143. The molecule has 136 valence electrons. The third-order valence-corrected chi connectivity index (χ3v) is 5.90. The van der Waals surface area contributed by atoms with E-state index in [4.69, 9.17) is 11.6 Å². The Bertz CT molecular complexity index is 1140. The Morgan fingerprint density at radius 2 is 1.56 bits per heavy atom. The first-order valence-corrected chi connectivity index (χ1v) is 10.2. The van der Waals surface area contributed by atoms with Gasteiger partial charge in [0.1, 0.15) is 11.9 Å². The number of para-hydroxylation sites is 2. The summed E-state index contributed by atoms with van der Waals surface area (Å²) in [6.07, 6.45) is 0. The monoisotopic (exact) mass is 397 g/mol. The molecule has 2 N–H and O–H groups in total. The number of rotatable bonds is 5. The highest BCUT2D eigenvalue weighted by Gasteiger charge is 2.25. The lowest BCUT2D eigenvalue weighted by Gasteiger charge is -2.17. The van der Waals surface area contributed by atoms with Crippen LogP contribution >= 0.6 is 11.6 Å². The SMILES string of the molecule is O=S(=O)(NC(c1ccccc1)c1nc2ccccc2[nH]1)c1ccc(Cl)cc1. The van der Waals surface area contributed by atoms with Gasteiger partial charge in [-0.05, 0) is 42.0 Å². The third-order valence-electron chi connectivity index (χ3n) is 4.21. The molecule has 0 aliphatic rings. The molecule has 0 radical (unpaired) electrons. The maximum Gasteiger partial charge on any atom is 0.241 e. The molecule has 1 atom stereocenters. The number of benzene rings is 3. The summed E-state index contributed by atoms with van der Waals surface area (Å²) in [5.74, 6) is 0.528. The molecule has 1 heterocycles. The van der Waals surface area contributed by atoms with Gasteiger partial charge in [0.2, 0.25) is 10.0 Å². The fraction of sp³-hybridized carbons (Fsp3) is 0.0500. The van der Waals surface area contributed by atoms with E-state index in [0.29, 0.717) is 10.8 Å². The molecule has 27 heavy (non-hydrogen) atoms. The van der Waals surface area contributed by atoms with Crippen LogP contribution in [0.25, 0.3) is 11.0 Å². The zero-order valence-electron chi connectivity index (χ0n) is 14.1. The molecule has 3 aromatic carbocycles. The van der Waals surface area contributed by atoms with Gasteiger partial charge in [-0.3, -0.25) is 0 Å². The summed E-state index contributed by atoms with van der Waals surface area (Å²) >= 11 is 5.87. The number of hydrogen-bond donors (Lipinski definition) is 2. The average Bonchev–Trinajstić information content (AvgIpc) is 3.11. The molecule has 0 saturated carbocycles. The van der Waals surface area contributed by atoms with Crippen LogP contribution < -0.4 is 4.72 Å². The fourth-order valence-electron chi connectivity index (χ4n) is 2.87. The molecular weight excluding hydrogens is 382 g/mol. The fourth-order valence-corrected chi connectivity index (χ4v) is 4.19. The number of aromatic nitrogens is 2. The van der Waals surface area contributed by atoms with Gasteiger partial charge < -0.3 is 4.98 Å². The minimum Gasteiger partial charge on any atom is -0.340 e. The van der Waals surface area contributed by atoms with E-state index in [1.807, 2.05) is 54.6 Å². The lowest BCUT2D eigenvalue weighted by Crippen LogP contribution is -2.30. The number of nitrogens with zero attached hydrogens (tertiary/aromatic N) is 1. The molecular formula is C20H16ClN3O2S. The van der Waals surface area contributed by atoms with Crippen molar-refractivity contribution in [2.75, 3.05) is 0 Å². The molecule has 0 amide bonds. The van der Waals surface area contributed by atoms with Crippen LogP contribution in [0.1, 0.15) is 17.4 Å². The summed E-state index contributed by atoms with van der Waals surface area (Å²) in [7, 11) is -3.78. The number of nitrogens with one attached hydrogen (secondary N) is 2. The smallest absolute Gasteiger partial charge is 0.241 e. The maximum absolute atomic E-state index is 12.9. The van der Waals surface area contributed by atoms with Gasteiger partial charge in [-0.1, -0.05) is 54.1 Å². The molecule has 7 heteroatoms. The second-order valence-electron chi connectivity index (χ2n) is 6.06. The summed E-state index contributed by atoms with van der Waals surface area (Å²) in [5, 5.41) is 0.478. The Hall–Kier alpha value is -2.67. The Morgan fingerprint density at radius 3 is 2.26 bits per heavy atom. The second-order valence-corrected chi connectivity index (χ2v) is 8.21. The van der Waals surface area contributed by atoms with Gasteiger partial charge in [0.05, 0.1) is 15.9 Å². The number of hydrogen-bond acceptors (Lipinski definition) is 3. The molecule has 0 fully saturated rings. The molecule has 1 unspecified atom stereocenters. The molecule has 0 spiro atoms. The predicted octanol–water partition coefficient (Wildman–Crippen LogP) is 4.28. The summed E-state index contributed by atoms with van der Waals surface area (Å²) < 4.78 is 28.6. The number of fused-ring (bicyclic) bond motifs is 1. The predicted molar refractivity (Wildman–Crippen MR) is 106 cm³/mol. The largest absolute Gasteiger partial charge is 0.340 e. The van der Waals surface area contributed by atoms with E-state index in [1.165, 1.54) is 12.1 Å². The normalized spacial score (nSPS) is 12.9. The molecule has 4 rings (SSSR count). The van der Waals surface area contributed by atoms with Crippen molar-refractivity contribution in [1.82, 2.24) is 14.7 Å². The summed E-state index contributed by atoms with van der Waals surface area (Å²) in [6.45, 7) is 0. The van der Waals surface area contributed by atoms with E-state index < -0.39 is 16.1 Å². The van der Waals surface area contributed by atoms with Crippen molar-refractivity contribution in [3.05, 3.63) is 95.3 Å². The lowest BCUT2D eigenvalue weighted by atomic mass is 10.1. The number of sulfonamides is 1. The Kier molecular flexibility index (Phi) is 4.70. The van der Waals surface area contributed by atoms with Gasteiger partial charge in [0, 0.05) is 5.02 Å². The third kappa shape index (κ3) is 3.73. The second kappa shape index (κ2) is 7.15. The van der Waals surface area contributed by atoms with E-state index in [1.54, 1.807) is 12.1 Å². The number of H-pyrrole nitrogens is 1. The van der Waals surface area contributed by atoms with Gasteiger partial charge in [-0.15, -0.1) is 0 Å². The first kappa shape index (κ1) is 17.7. The van der Waals surface area contributed by atoms with Gasteiger partial charge >= 0.3 is 0 Å². The van der Waals surface area contributed by atoms with Crippen LogP contribution in [0.15, 0.2) is 83.8 Å². The van der Waals surface area contributed by atoms with Crippen molar-refractivity contribution in [1.29, 1.82) is 0 Å². The summed E-state index contributed by atoms with van der Waals surface area (Å²) in [6, 6.07) is 22.3. The van der Waals surface area contributed by atoms with E-state index in [-0.39, 0.29) is 4.90 Å². The van der Waals surface area contributed by atoms with Crippen LogP contribution in [0.4, 0.5) is 0 Å². The van der Waals surface area contributed by atoms with Crippen molar-refractivity contribution < 1.29 is 8.42 Å². The highest BCUT2D eigenvalue weighted by Crippen LogP contribution is 2.25. The quantitative estimate of drug-likeness (QED) is 0.527. The molecule has 0 aliphatic carbocycles. The molecule has 0 saturated heterocycles. The van der Waals surface area contributed by atoms with Crippen LogP contribution in [0, 0.1) is 0 Å². The van der Waals surface area contributed by atoms with E-state index in [2.05, 4.69) is 14.7 Å². The topological polar surface area (TPSA) is 74.8 Å². The highest BCUT2D eigenvalue weighted by molar-refractivity contribution is 7.89. The van der Waals surface area contributed by atoms with E-state index in [0.717, 1.165) is 16.6 Å². The van der Waals surface area contributed by atoms with Crippen LogP contribution in [0.2, 0.25) is 5.02 Å². The minimum atomic E-state index is -3.78. The Morgan fingerprint density at radius 1 is 0.889 bits per heavy atom. The van der Waals surface area contributed by atoms with Crippen molar-refractivity contribution >= 4 is 32.7 Å². The van der Waals surface area contributed by atoms with Crippen LogP contribution in [0.5, 0.6) is 0 Å². The van der Waals surface area contributed by atoms with Crippen LogP contribution in [0.3, 0.4) is 0 Å². The molecule has 4 aromatic rings. The summed E-state index contributed by atoms with van der Waals surface area (Å²) in [4.78, 5) is 7.94. The Labute approximate surface area is 162 Å². The van der Waals surface area contributed by atoms with Gasteiger partial charge in [-0.25, -0.2) is 13.4 Å². The average molecular weight is 398 g/mol. The van der Waals surface area contributed by atoms with Crippen molar-refractivity contribution in [2.24, 2.45) is 0 Å². The van der Waals surface area contributed by atoms with Crippen molar-refractivity contribution in [3.8, 4) is 0 Å². The number of aromatic amines is 1. The van der Waals surface area contributed by atoms with Crippen LogP contribution in [-0.2, 0) is 10.0 Å². The zero-order chi connectivity index (χ0) is 18.9.